The molecule has 1 fully saturated rings. The van der Waals surface area contributed by atoms with E-state index >= 15 is 0 Å². The lowest BCUT2D eigenvalue weighted by Crippen LogP contribution is -2.33. The first-order valence-electron chi connectivity index (χ1n) is 6.09. The number of hydrogen-bond donors (Lipinski definition) is 1. The quantitative estimate of drug-likeness (QED) is 0.730. The van der Waals surface area contributed by atoms with Crippen LogP contribution < -0.4 is 5.32 Å². The standard InChI is InChI=1S/C12H23NO2/c1-3-10(2)12(14)6-9-15-11-4-7-13-8-5-11/h10-11,13H,3-9H2,1-2H3. The second kappa shape index (κ2) is 6.96. The molecule has 0 saturated carbocycles. The van der Waals surface area contributed by atoms with Crippen LogP contribution in [0.1, 0.15) is 39.5 Å². The first-order valence-corrected chi connectivity index (χ1v) is 6.09. The van der Waals surface area contributed by atoms with Gasteiger partial charge in [0.2, 0.25) is 0 Å². The summed E-state index contributed by atoms with van der Waals surface area (Å²) < 4.78 is 5.69. The van der Waals surface area contributed by atoms with Gasteiger partial charge in [-0.2, -0.15) is 0 Å². The fraction of sp³-hybridized carbons (Fsp3) is 0.917. The Morgan fingerprint density at radius 2 is 2.13 bits per heavy atom. The summed E-state index contributed by atoms with van der Waals surface area (Å²) in [5.41, 5.74) is 0. The molecule has 1 atom stereocenters. The minimum atomic E-state index is 0.196. The van der Waals surface area contributed by atoms with E-state index in [1.807, 2.05) is 6.92 Å². The summed E-state index contributed by atoms with van der Waals surface area (Å²) >= 11 is 0. The van der Waals surface area contributed by atoms with Crippen molar-refractivity contribution < 1.29 is 9.53 Å². The maximum absolute atomic E-state index is 11.5. The monoisotopic (exact) mass is 213 g/mol. The summed E-state index contributed by atoms with van der Waals surface area (Å²) in [7, 11) is 0. The molecule has 1 heterocycles. The highest BCUT2D eigenvalue weighted by atomic mass is 16.5. The molecule has 1 aliphatic rings. The minimum absolute atomic E-state index is 0.196. The third kappa shape index (κ3) is 4.76. The van der Waals surface area contributed by atoms with Crippen molar-refractivity contribution in [2.75, 3.05) is 19.7 Å². The SMILES string of the molecule is CCC(C)C(=O)CCOC1CCNCC1. The Morgan fingerprint density at radius 3 is 2.73 bits per heavy atom. The number of carbonyl (C=O) groups excluding carboxylic acids is 1. The smallest absolute Gasteiger partial charge is 0.137 e. The van der Waals surface area contributed by atoms with Gasteiger partial charge in [0, 0.05) is 12.3 Å². The number of nitrogens with one attached hydrogen (secondary N) is 1. The van der Waals surface area contributed by atoms with Crippen LogP contribution in [0, 0.1) is 5.92 Å². The molecule has 1 unspecified atom stereocenters. The lowest BCUT2D eigenvalue weighted by atomic mass is 10.0. The van der Waals surface area contributed by atoms with Crippen molar-refractivity contribution in [3.05, 3.63) is 0 Å². The Morgan fingerprint density at radius 1 is 1.47 bits per heavy atom. The molecule has 88 valence electrons. The van der Waals surface area contributed by atoms with Gasteiger partial charge in [-0.1, -0.05) is 13.8 Å². The lowest BCUT2D eigenvalue weighted by molar-refractivity contribution is -0.124. The van der Waals surface area contributed by atoms with Gasteiger partial charge >= 0.3 is 0 Å². The van der Waals surface area contributed by atoms with Gasteiger partial charge in [0.25, 0.3) is 0 Å². The van der Waals surface area contributed by atoms with E-state index in [0.717, 1.165) is 32.4 Å². The van der Waals surface area contributed by atoms with Crippen LogP contribution >= 0.6 is 0 Å². The summed E-state index contributed by atoms with van der Waals surface area (Å²) in [6.07, 6.45) is 4.05. The largest absolute Gasteiger partial charge is 0.378 e. The first-order chi connectivity index (χ1) is 7.24. The van der Waals surface area contributed by atoms with E-state index in [9.17, 15) is 4.79 Å². The Labute approximate surface area is 92.6 Å². The molecule has 0 radical (unpaired) electrons. The van der Waals surface area contributed by atoms with Crippen LogP contribution in [-0.4, -0.2) is 31.6 Å². The van der Waals surface area contributed by atoms with E-state index in [0.29, 0.717) is 24.9 Å². The molecule has 3 nitrogen and oxygen atoms in total. The second-order valence-corrected chi connectivity index (χ2v) is 4.35. The van der Waals surface area contributed by atoms with Gasteiger partial charge in [-0.05, 0) is 32.4 Å². The van der Waals surface area contributed by atoms with Gasteiger partial charge in [0.05, 0.1) is 12.7 Å². The normalized spacial score (nSPS) is 20.1. The van der Waals surface area contributed by atoms with Crippen LogP contribution in [-0.2, 0) is 9.53 Å². The van der Waals surface area contributed by atoms with Crippen molar-refractivity contribution in [1.29, 1.82) is 0 Å². The third-order valence-electron chi connectivity index (χ3n) is 3.15. The summed E-state index contributed by atoms with van der Waals surface area (Å²) in [5.74, 6) is 0.535. The predicted octanol–water partition coefficient (Wildman–Crippen LogP) is 1.76. The second-order valence-electron chi connectivity index (χ2n) is 4.35. The number of carbonyl (C=O) groups is 1. The Kier molecular flexibility index (Phi) is 5.88. The van der Waals surface area contributed by atoms with Crippen molar-refractivity contribution in [3.8, 4) is 0 Å². The fourth-order valence-corrected chi connectivity index (χ4v) is 1.76. The van der Waals surface area contributed by atoms with Gasteiger partial charge in [0.1, 0.15) is 5.78 Å². The van der Waals surface area contributed by atoms with Gasteiger partial charge in [-0.15, -0.1) is 0 Å². The molecular weight excluding hydrogens is 190 g/mol. The molecule has 15 heavy (non-hydrogen) atoms. The number of ketones is 1. The highest BCUT2D eigenvalue weighted by Gasteiger charge is 2.15. The van der Waals surface area contributed by atoms with Crippen LogP contribution in [0.2, 0.25) is 0 Å². The zero-order valence-electron chi connectivity index (χ0n) is 9.92. The number of ether oxygens (including phenoxy) is 1. The van der Waals surface area contributed by atoms with E-state index in [2.05, 4.69) is 12.2 Å². The van der Waals surface area contributed by atoms with Crippen molar-refractivity contribution in [1.82, 2.24) is 5.32 Å². The molecule has 0 aromatic carbocycles. The molecule has 1 saturated heterocycles. The van der Waals surface area contributed by atoms with Crippen molar-refractivity contribution >= 4 is 5.78 Å². The summed E-state index contributed by atoms with van der Waals surface area (Å²) in [6, 6.07) is 0. The zero-order valence-corrected chi connectivity index (χ0v) is 9.92. The average Bonchev–Trinajstić information content (AvgIpc) is 2.29. The Balaban J connectivity index is 2.07. The molecule has 0 aliphatic carbocycles. The van der Waals surface area contributed by atoms with E-state index in [4.69, 9.17) is 4.74 Å². The van der Waals surface area contributed by atoms with Gasteiger partial charge in [0.15, 0.2) is 0 Å². The summed E-state index contributed by atoms with van der Waals surface area (Å²) in [6.45, 7) is 6.74. The fourth-order valence-electron chi connectivity index (χ4n) is 1.76. The molecule has 0 amide bonds. The molecular formula is C12H23NO2. The van der Waals surface area contributed by atoms with Crippen LogP contribution in [0.25, 0.3) is 0 Å². The highest BCUT2D eigenvalue weighted by Crippen LogP contribution is 2.09. The van der Waals surface area contributed by atoms with E-state index in [-0.39, 0.29) is 5.92 Å². The molecule has 1 aliphatic heterocycles. The third-order valence-corrected chi connectivity index (χ3v) is 3.15. The first kappa shape index (κ1) is 12.7. The van der Waals surface area contributed by atoms with Gasteiger partial charge in [-0.3, -0.25) is 4.79 Å². The van der Waals surface area contributed by atoms with Crippen LogP contribution in [0.4, 0.5) is 0 Å². The molecule has 0 aromatic heterocycles. The number of Topliss-reactive ketones (excluding diaryl/α,β-unsaturated/α-hetero) is 1. The maximum Gasteiger partial charge on any atom is 0.137 e. The number of rotatable bonds is 6. The Bertz CT molecular complexity index is 188. The maximum atomic E-state index is 11.5. The molecule has 1 rings (SSSR count). The minimum Gasteiger partial charge on any atom is -0.378 e. The van der Waals surface area contributed by atoms with Crippen LogP contribution in [0.3, 0.4) is 0 Å². The molecule has 0 aromatic rings. The van der Waals surface area contributed by atoms with Gasteiger partial charge in [-0.25, -0.2) is 0 Å². The number of piperidine rings is 1. The van der Waals surface area contributed by atoms with Crippen molar-refractivity contribution in [3.63, 3.8) is 0 Å². The molecule has 0 bridgehead atoms. The topological polar surface area (TPSA) is 38.3 Å². The van der Waals surface area contributed by atoms with E-state index in [1.165, 1.54) is 0 Å². The summed E-state index contributed by atoms with van der Waals surface area (Å²) in [5, 5.41) is 3.29. The van der Waals surface area contributed by atoms with Gasteiger partial charge < -0.3 is 10.1 Å². The van der Waals surface area contributed by atoms with E-state index in [1.54, 1.807) is 0 Å². The highest BCUT2D eigenvalue weighted by molar-refractivity contribution is 5.80. The molecule has 1 N–H and O–H groups in total. The average molecular weight is 213 g/mol. The lowest BCUT2D eigenvalue weighted by Gasteiger charge is -2.22. The predicted molar refractivity (Wildman–Crippen MR) is 60.9 cm³/mol. The van der Waals surface area contributed by atoms with Crippen LogP contribution in [0.5, 0.6) is 0 Å². The zero-order chi connectivity index (χ0) is 11.1. The Hall–Kier alpha value is -0.410. The van der Waals surface area contributed by atoms with E-state index < -0.39 is 0 Å². The summed E-state index contributed by atoms with van der Waals surface area (Å²) in [4.78, 5) is 11.5. The van der Waals surface area contributed by atoms with Crippen molar-refractivity contribution in [2.24, 2.45) is 5.92 Å². The molecule has 0 spiro atoms. The van der Waals surface area contributed by atoms with Crippen LogP contribution in [0.15, 0.2) is 0 Å². The molecule has 3 heteroatoms. The number of hydrogen-bond acceptors (Lipinski definition) is 3. The van der Waals surface area contributed by atoms with Crippen molar-refractivity contribution in [2.45, 2.75) is 45.6 Å².